The molecule has 1 aromatic carbocycles. The number of amides is 1. The maximum absolute atomic E-state index is 11.9. The van der Waals surface area contributed by atoms with Gasteiger partial charge in [-0.05, 0) is 30.5 Å². The molecule has 0 saturated heterocycles. The topological polar surface area (TPSA) is 44.9 Å². The molecule has 17 heavy (non-hydrogen) atoms. The van der Waals surface area contributed by atoms with E-state index in [-0.39, 0.29) is 5.91 Å². The lowest BCUT2D eigenvalue weighted by Gasteiger charge is -2.05. The molecule has 2 N–H and O–H groups in total. The van der Waals surface area contributed by atoms with Crippen molar-refractivity contribution in [3.8, 4) is 0 Å². The van der Waals surface area contributed by atoms with Gasteiger partial charge < -0.3 is 10.3 Å². The van der Waals surface area contributed by atoms with Crippen molar-refractivity contribution in [2.75, 3.05) is 6.54 Å². The second kappa shape index (κ2) is 4.62. The SMILES string of the molecule is Cc1ccc2cc(C(=O)NCC(C)C)[nH]c2c1. The van der Waals surface area contributed by atoms with Crippen LogP contribution in [0.2, 0.25) is 0 Å². The molecule has 90 valence electrons. The summed E-state index contributed by atoms with van der Waals surface area (Å²) in [6.07, 6.45) is 0. The number of H-pyrrole nitrogens is 1. The van der Waals surface area contributed by atoms with Crippen LogP contribution in [0.25, 0.3) is 10.9 Å². The number of aromatic nitrogens is 1. The molecule has 3 nitrogen and oxygen atoms in total. The molecule has 0 aliphatic heterocycles. The minimum atomic E-state index is -0.0347. The molecule has 0 aliphatic rings. The average molecular weight is 230 g/mol. The lowest BCUT2D eigenvalue weighted by molar-refractivity contribution is 0.0945. The van der Waals surface area contributed by atoms with E-state index < -0.39 is 0 Å². The smallest absolute Gasteiger partial charge is 0.267 e. The predicted octanol–water partition coefficient (Wildman–Crippen LogP) is 2.86. The van der Waals surface area contributed by atoms with Gasteiger partial charge in [0.15, 0.2) is 0 Å². The number of hydrogen-bond donors (Lipinski definition) is 2. The van der Waals surface area contributed by atoms with Gasteiger partial charge in [0.25, 0.3) is 5.91 Å². The van der Waals surface area contributed by atoms with Crippen LogP contribution < -0.4 is 5.32 Å². The van der Waals surface area contributed by atoms with Gasteiger partial charge in [0.05, 0.1) is 0 Å². The van der Waals surface area contributed by atoms with E-state index in [2.05, 4.69) is 30.2 Å². The molecule has 1 aromatic heterocycles. The highest BCUT2D eigenvalue weighted by atomic mass is 16.1. The minimum absolute atomic E-state index is 0.0347. The van der Waals surface area contributed by atoms with Crippen LogP contribution in [-0.2, 0) is 0 Å². The highest BCUT2D eigenvalue weighted by Gasteiger charge is 2.09. The highest BCUT2D eigenvalue weighted by Crippen LogP contribution is 2.16. The lowest BCUT2D eigenvalue weighted by atomic mass is 10.2. The van der Waals surface area contributed by atoms with Crippen molar-refractivity contribution in [2.45, 2.75) is 20.8 Å². The second-order valence-corrected chi connectivity index (χ2v) is 4.88. The van der Waals surface area contributed by atoms with Gasteiger partial charge in [-0.1, -0.05) is 26.0 Å². The number of aryl methyl sites for hydroxylation is 1. The van der Waals surface area contributed by atoms with Gasteiger partial charge in [-0.15, -0.1) is 0 Å². The Morgan fingerprint density at radius 2 is 2.12 bits per heavy atom. The summed E-state index contributed by atoms with van der Waals surface area (Å²) in [7, 11) is 0. The normalized spacial score (nSPS) is 11.1. The Bertz CT molecular complexity index is 540. The fourth-order valence-corrected chi connectivity index (χ4v) is 1.76. The van der Waals surface area contributed by atoms with Gasteiger partial charge in [0.1, 0.15) is 5.69 Å². The Morgan fingerprint density at radius 3 is 2.82 bits per heavy atom. The predicted molar refractivity (Wildman–Crippen MR) is 70.2 cm³/mol. The number of carbonyl (C=O) groups excluding carboxylic acids is 1. The first-order valence-corrected chi connectivity index (χ1v) is 5.94. The molecule has 1 amide bonds. The molecule has 1 heterocycles. The number of rotatable bonds is 3. The van der Waals surface area contributed by atoms with Crippen LogP contribution in [0.3, 0.4) is 0 Å². The van der Waals surface area contributed by atoms with Gasteiger partial charge >= 0.3 is 0 Å². The molecule has 3 heteroatoms. The number of carbonyl (C=O) groups is 1. The van der Waals surface area contributed by atoms with Gasteiger partial charge in [-0.25, -0.2) is 0 Å². The molecule has 0 fully saturated rings. The Kier molecular flexibility index (Phi) is 3.18. The summed E-state index contributed by atoms with van der Waals surface area (Å²) in [6, 6.07) is 8.02. The van der Waals surface area contributed by atoms with Crippen molar-refractivity contribution in [3.63, 3.8) is 0 Å². The lowest BCUT2D eigenvalue weighted by Crippen LogP contribution is -2.27. The molecule has 0 bridgehead atoms. The van der Waals surface area contributed by atoms with Gasteiger partial charge in [0.2, 0.25) is 0 Å². The van der Waals surface area contributed by atoms with E-state index in [1.54, 1.807) is 0 Å². The summed E-state index contributed by atoms with van der Waals surface area (Å²) in [4.78, 5) is 15.0. The van der Waals surface area contributed by atoms with E-state index in [9.17, 15) is 4.79 Å². The van der Waals surface area contributed by atoms with Crippen LogP contribution in [0, 0.1) is 12.8 Å². The van der Waals surface area contributed by atoms with Crippen LogP contribution in [0.5, 0.6) is 0 Å². The second-order valence-electron chi connectivity index (χ2n) is 4.88. The molecular weight excluding hydrogens is 212 g/mol. The molecule has 0 unspecified atom stereocenters. The number of nitrogens with one attached hydrogen (secondary N) is 2. The van der Waals surface area contributed by atoms with Crippen LogP contribution in [-0.4, -0.2) is 17.4 Å². The molecule has 0 saturated carbocycles. The Labute approximate surface area is 101 Å². The van der Waals surface area contributed by atoms with Crippen molar-refractivity contribution in [2.24, 2.45) is 5.92 Å². The molecule has 2 rings (SSSR count). The third-order valence-corrected chi connectivity index (χ3v) is 2.69. The van der Waals surface area contributed by atoms with Gasteiger partial charge in [0, 0.05) is 17.4 Å². The largest absolute Gasteiger partial charge is 0.351 e. The maximum Gasteiger partial charge on any atom is 0.267 e. The fraction of sp³-hybridized carbons (Fsp3) is 0.357. The first kappa shape index (κ1) is 11.7. The average Bonchev–Trinajstić information content (AvgIpc) is 2.68. The van der Waals surface area contributed by atoms with E-state index >= 15 is 0 Å². The quantitative estimate of drug-likeness (QED) is 0.836. The summed E-state index contributed by atoms with van der Waals surface area (Å²) < 4.78 is 0. The van der Waals surface area contributed by atoms with Crippen molar-refractivity contribution < 1.29 is 4.79 Å². The third-order valence-electron chi connectivity index (χ3n) is 2.69. The molecule has 0 atom stereocenters. The first-order chi connectivity index (χ1) is 8.06. The van der Waals surface area contributed by atoms with Crippen molar-refractivity contribution >= 4 is 16.8 Å². The standard InChI is InChI=1S/C14H18N2O/c1-9(2)8-15-14(17)13-7-11-5-4-10(3)6-12(11)16-13/h4-7,9,16H,8H2,1-3H3,(H,15,17). The zero-order chi connectivity index (χ0) is 12.4. The monoisotopic (exact) mass is 230 g/mol. The molecule has 0 aliphatic carbocycles. The third kappa shape index (κ3) is 2.67. The van der Waals surface area contributed by atoms with E-state index in [0.29, 0.717) is 18.2 Å². The molecule has 0 spiro atoms. The number of aromatic amines is 1. The summed E-state index contributed by atoms with van der Waals surface area (Å²) in [6.45, 7) is 6.90. The van der Waals surface area contributed by atoms with Crippen molar-refractivity contribution in [3.05, 3.63) is 35.5 Å². The van der Waals surface area contributed by atoms with Crippen LogP contribution in [0.4, 0.5) is 0 Å². The van der Waals surface area contributed by atoms with Crippen LogP contribution >= 0.6 is 0 Å². The Balaban J connectivity index is 2.21. The first-order valence-electron chi connectivity index (χ1n) is 5.94. The van der Waals surface area contributed by atoms with Gasteiger partial charge in [-0.2, -0.15) is 0 Å². The summed E-state index contributed by atoms with van der Waals surface area (Å²) in [5, 5.41) is 3.98. The molecule has 2 aromatic rings. The van der Waals surface area contributed by atoms with Crippen LogP contribution in [0.1, 0.15) is 29.9 Å². The maximum atomic E-state index is 11.9. The molecule has 0 radical (unpaired) electrons. The Morgan fingerprint density at radius 1 is 1.35 bits per heavy atom. The van der Waals surface area contributed by atoms with Gasteiger partial charge in [-0.3, -0.25) is 4.79 Å². The van der Waals surface area contributed by atoms with Crippen LogP contribution in [0.15, 0.2) is 24.3 Å². The van der Waals surface area contributed by atoms with E-state index in [1.807, 2.05) is 25.1 Å². The van der Waals surface area contributed by atoms with E-state index in [0.717, 1.165) is 10.9 Å². The summed E-state index contributed by atoms with van der Waals surface area (Å²) >= 11 is 0. The van der Waals surface area contributed by atoms with E-state index in [4.69, 9.17) is 0 Å². The van der Waals surface area contributed by atoms with E-state index in [1.165, 1.54) is 5.56 Å². The Hall–Kier alpha value is -1.77. The zero-order valence-electron chi connectivity index (χ0n) is 10.5. The number of fused-ring (bicyclic) bond motifs is 1. The molecular formula is C14H18N2O. The summed E-state index contributed by atoms with van der Waals surface area (Å²) in [5.74, 6) is 0.429. The minimum Gasteiger partial charge on any atom is -0.351 e. The number of hydrogen-bond acceptors (Lipinski definition) is 1. The zero-order valence-corrected chi connectivity index (χ0v) is 10.5. The van der Waals surface area contributed by atoms with Crippen molar-refractivity contribution in [1.29, 1.82) is 0 Å². The number of benzene rings is 1. The fourth-order valence-electron chi connectivity index (χ4n) is 1.76. The highest BCUT2D eigenvalue weighted by molar-refractivity contribution is 5.98. The summed E-state index contributed by atoms with van der Waals surface area (Å²) in [5.41, 5.74) is 2.83. The van der Waals surface area contributed by atoms with Crippen molar-refractivity contribution in [1.82, 2.24) is 10.3 Å².